The molecule has 2 aromatic carbocycles. The van der Waals surface area contributed by atoms with E-state index in [2.05, 4.69) is 10.3 Å². The first-order chi connectivity index (χ1) is 10.3. The second-order valence-electron chi connectivity index (χ2n) is 4.63. The Hall–Kier alpha value is -2.39. The number of alkyl halides is 1. The summed E-state index contributed by atoms with van der Waals surface area (Å²) in [6, 6.07) is 17.1. The van der Waals surface area contributed by atoms with Crippen molar-refractivity contribution in [3.8, 4) is 0 Å². The van der Waals surface area contributed by atoms with E-state index >= 15 is 0 Å². The van der Waals surface area contributed by atoms with E-state index < -0.39 is 0 Å². The number of amides is 1. The maximum absolute atomic E-state index is 12.5. The molecule has 1 amide bonds. The van der Waals surface area contributed by atoms with Crippen LogP contribution in [0.4, 0.5) is 5.69 Å². The Kier molecular flexibility index (Phi) is 3.84. The summed E-state index contributed by atoms with van der Waals surface area (Å²) in [5, 5.41) is 4.71. The van der Waals surface area contributed by atoms with Crippen molar-refractivity contribution in [2.45, 2.75) is 5.88 Å². The van der Waals surface area contributed by atoms with Crippen LogP contribution in [0.1, 0.15) is 16.1 Å². The number of halogens is 1. The zero-order valence-corrected chi connectivity index (χ0v) is 12.0. The highest BCUT2D eigenvalue weighted by Gasteiger charge is 2.13. The number of benzene rings is 2. The molecule has 0 spiro atoms. The Morgan fingerprint density at radius 3 is 2.67 bits per heavy atom. The Labute approximate surface area is 127 Å². The Morgan fingerprint density at radius 2 is 1.81 bits per heavy atom. The normalized spacial score (nSPS) is 10.5. The second kappa shape index (κ2) is 5.94. The van der Waals surface area contributed by atoms with Crippen molar-refractivity contribution >= 4 is 34.0 Å². The highest BCUT2D eigenvalue weighted by Crippen LogP contribution is 2.20. The van der Waals surface area contributed by atoms with Gasteiger partial charge >= 0.3 is 0 Å². The molecule has 1 heterocycles. The average Bonchev–Trinajstić information content (AvgIpc) is 2.54. The van der Waals surface area contributed by atoms with E-state index in [0.717, 1.165) is 16.3 Å². The van der Waals surface area contributed by atoms with Crippen LogP contribution in [-0.2, 0) is 5.88 Å². The van der Waals surface area contributed by atoms with E-state index in [1.807, 2.05) is 54.6 Å². The van der Waals surface area contributed by atoms with E-state index in [-0.39, 0.29) is 5.91 Å². The molecule has 0 aliphatic heterocycles. The summed E-state index contributed by atoms with van der Waals surface area (Å²) in [6.07, 6.45) is 1.64. The summed E-state index contributed by atoms with van der Waals surface area (Å²) >= 11 is 5.89. The van der Waals surface area contributed by atoms with Crippen LogP contribution in [0.25, 0.3) is 10.8 Å². The molecule has 0 bridgehead atoms. The maximum Gasteiger partial charge on any atom is 0.274 e. The molecule has 104 valence electrons. The van der Waals surface area contributed by atoms with Crippen molar-refractivity contribution in [1.82, 2.24) is 4.98 Å². The average molecular weight is 297 g/mol. The molecule has 1 aromatic heterocycles. The quantitative estimate of drug-likeness (QED) is 0.735. The molecule has 3 rings (SSSR count). The topological polar surface area (TPSA) is 42.0 Å². The lowest BCUT2D eigenvalue weighted by Crippen LogP contribution is -2.15. The van der Waals surface area contributed by atoms with Crippen molar-refractivity contribution in [3.05, 3.63) is 72.1 Å². The SMILES string of the molecule is O=C(Nc1ccccc1CCl)c1nccc2ccccc12. The van der Waals surface area contributed by atoms with Crippen molar-refractivity contribution in [2.24, 2.45) is 0 Å². The predicted octanol–water partition coefficient (Wildman–Crippen LogP) is 4.23. The monoisotopic (exact) mass is 296 g/mol. The summed E-state index contributed by atoms with van der Waals surface area (Å²) in [5.41, 5.74) is 2.01. The van der Waals surface area contributed by atoms with E-state index in [0.29, 0.717) is 17.3 Å². The van der Waals surface area contributed by atoms with Gasteiger partial charge in [0.25, 0.3) is 5.91 Å². The fourth-order valence-corrected chi connectivity index (χ4v) is 2.47. The third-order valence-electron chi connectivity index (χ3n) is 3.30. The van der Waals surface area contributed by atoms with Crippen molar-refractivity contribution in [2.75, 3.05) is 5.32 Å². The zero-order chi connectivity index (χ0) is 14.7. The van der Waals surface area contributed by atoms with E-state index in [9.17, 15) is 4.79 Å². The molecule has 0 radical (unpaired) electrons. The number of fused-ring (bicyclic) bond motifs is 1. The standard InChI is InChI=1S/C17H13ClN2O/c18-11-13-6-2-4-8-15(13)20-17(21)16-14-7-3-1-5-12(14)9-10-19-16/h1-10H,11H2,(H,20,21). The molecule has 3 nitrogen and oxygen atoms in total. The van der Waals surface area contributed by atoms with Gasteiger partial charge in [0, 0.05) is 23.2 Å². The Balaban J connectivity index is 1.98. The molecule has 3 aromatic rings. The van der Waals surface area contributed by atoms with Gasteiger partial charge in [-0.15, -0.1) is 11.6 Å². The highest BCUT2D eigenvalue weighted by molar-refractivity contribution is 6.18. The first kappa shape index (κ1) is 13.6. The molecule has 0 aliphatic carbocycles. The first-order valence-corrected chi connectivity index (χ1v) is 7.12. The van der Waals surface area contributed by atoms with Crippen LogP contribution in [0, 0.1) is 0 Å². The van der Waals surface area contributed by atoms with Gasteiger partial charge < -0.3 is 5.32 Å². The van der Waals surface area contributed by atoms with Gasteiger partial charge in [-0.2, -0.15) is 0 Å². The lowest BCUT2D eigenvalue weighted by molar-refractivity contribution is 0.102. The van der Waals surface area contributed by atoms with Crippen LogP contribution >= 0.6 is 11.6 Å². The molecular formula is C17H13ClN2O. The number of nitrogens with one attached hydrogen (secondary N) is 1. The molecule has 0 saturated heterocycles. The number of pyridine rings is 1. The number of hydrogen-bond acceptors (Lipinski definition) is 2. The largest absolute Gasteiger partial charge is 0.320 e. The molecule has 0 atom stereocenters. The molecule has 0 aliphatic rings. The van der Waals surface area contributed by atoms with Crippen LogP contribution in [0.2, 0.25) is 0 Å². The summed E-state index contributed by atoms with van der Waals surface area (Å²) in [4.78, 5) is 16.7. The number of para-hydroxylation sites is 1. The van der Waals surface area contributed by atoms with Crippen molar-refractivity contribution in [1.29, 1.82) is 0 Å². The summed E-state index contributed by atoms with van der Waals surface area (Å²) in [5.74, 6) is 0.115. The van der Waals surface area contributed by atoms with Gasteiger partial charge in [-0.3, -0.25) is 9.78 Å². The molecule has 21 heavy (non-hydrogen) atoms. The number of rotatable bonds is 3. The molecule has 0 fully saturated rings. The second-order valence-corrected chi connectivity index (χ2v) is 4.89. The Morgan fingerprint density at radius 1 is 1.05 bits per heavy atom. The summed E-state index contributed by atoms with van der Waals surface area (Å²) in [6.45, 7) is 0. The van der Waals surface area contributed by atoms with Gasteiger partial charge in [-0.05, 0) is 23.1 Å². The van der Waals surface area contributed by atoms with E-state index in [1.165, 1.54) is 0 Å². The number of anilines is 1. The van der Waals surface area contributed by atoms with Gasteiger partial charge in [0.05, 0.1) is 0 Å². The first-order valence-electron chi connectivity index (χ1n) is 6.58. The number of nitrogens with zero attached hydrogens (tertiary/aromatic N) is 1. The van der Waals surface area contributed by atoms with Crippen LogP contribution in [-0.4, -0.2) is 10.9 Å². The Bertz CT molecular complexity index is 796. The lowest BCUT2D eigenvalue weighted by Gasteiger charge is -2.10. The van der Waals surface area contributed by atoms with Gasteiger partial charge in [-0.25, -0.2) is 0 Å². The third kappa shape index (κ3) is 2.73. The number of carbonyl (C=O) groups excluding carboxylic acids is 1. The zero-order valence-electron chi connectivity index (χ0n) is 11.2. The van der Waals surface area contributed by atoms with Crippen LogP contribution in [0.15, 0.2) is 60.8 Å². The van der Waals surface area contributed by atoms with Crippen LogP contribution < -0.4 is 5.32 Å². The number of aromatic nitrogens is 1. The van der Waals surface area contributed by atoms with Crippen molar-refractivity contribution < 1.29 is 4.79 Å². The predicted molar refractivity (Wildman–Crippen MR) is 85.7 cm³/mol. The van der Waals surface area contributed by atoms with Gasteiger partial charge in [0.2, 0.25) is 0 Å². The smallest absolute Gasteiger partial charge is 0.274 e. The summed E-state index contributed by atoms with van der Waals surface area (Å²) < 4.78 is 0. The number of carbonyl (C=O) groups is 1. The molecule has 0 saturated carbocycles. The van der Waals surface area contributed by atoms with Gasteiger partial charge in [0.15, 0.2) is 0 Å². The summed E-state index contributed by atoms with van der Waals surface area (Å²) in [7, 11) is 0. The highest BCUT2D eigenvalue weighted by atomic mass is 35.5. The van der Waals surface area contributed by atoms with E-state index in [1.54, 1.807) is 6.20 Å². The van der Waals surface area contributed by atoms with Crippen LogP contribution in [0.3, 0.4) is 0 Å². The molecule has 4 heteroatoms. The third-order valence-corrected chi connectivity index (χ3v) is 3.59. The van der Waals surface area contributed by atoms with E-state index in [4.69, 9.17) is 11.6 Å². The van der Waals surface area contributed by atoms with Crippen molar-refractivity contribution in [3.63, 3.8) is 0 Å². The molecule has 0 unspecified atom stereocenters. The minimum Gasteiger partial charge on any atom is -0.320 e. The lowest BCUT2D eigenvalue weighted by atomic mass is 10.1. The molecular weight excluding hydrogens is 284 g/mol. The molecule has 1 N–H and O–H groups in total. The minimum absolute atomic E-state index is 0.232. The number of hydrogen-bond donors (Lipinski definition) is 1. The van der Waals surface area contributed by atoms with Gasteiger partial charge in [0.1, 0.15) is 5.69 Å². The van der Waals surface area contributed by atoms with Crippen LogP contribution in [0.5, 0.6) is 0 Å². The fourth-order valence-electron chi connectivity index (χ4n) is 2.24. The maximum atomic E-state index is 12.5. The fraction of sp³-hybridized carbons (Fsp3) is 0.0588. The van der Waals surface area contributed by atoms with Gasteiger partial charge in [-0.1, -0.05) is 42.5 Å². The minimum atomic E-state index is -0.232.